The van der Waals surface area contributed by atoms with E-state index in [1.807, 2.05) is 117 Å². The molecule has 0 bridgehead atoms. The number of amides is 2. The number of hydrogen-bond donors (Lipinski definition) is 0. The molecule has 5 heteroatoms. The lowest BCUT2D eigenvalue weighted by Crippen LogP contribution is -2.35. The van der Waals surface area contributed by atoms with Crippen LogP contribution in [0.4, 0.5) is 11.4 Å². The van der Waals surface area contributed by atoms with Gasteiger partial charge in [0.2, 0.25) is 0 Å². The molecule has 1 aliphatic heterocycles. The Morgan fingerprint density at radius 3 is 2.18 bits per heavy atom. The predicted octanol–water partition coefficient (Wildman–Crippen LogP) is 5.18. The van der Waals surface area contributed by atoms with Gasteiger partial charge in [-0.3, -0.25) is 9.59 Å². The average Bonchev–Trinajstić information content (AvgIpc) is 3.09. The van der Waals surface area contributed by atoms with Gasteiger partial charge in [-0.2, -0.15) is 0 Å². The van der Waals surface area contributed by atoms with Gasteiger partial charge in [0.15, 0.2) is 0 Å². The standard InChI is InChI=1S/C29H31N3O2/c1-6-31(19-22-11-8-7-9-12-22)27-26(23-16-15-20(2)21(3)17-23)28(33)32(29(27)34)25-14-10-13-24(18-25)30(4)5/h7-18H,6,19H2,1-5H3. The molecule has 1 heterocycles. The Labute approximate surface area is 201 Å². The zero-order chi connectivity index (χ0) is 24.4. The van der Waals surface area contributed by atoms with E-state index < -0.39 is 0 Å². The normalized spacial score (nSPS) is 13.6. The van der Waals surface area contributed by atoms with Gasteiger partial charge in [-0.15, -0.1) is 0 Å². The van der Waals surface area contributed by atoms with Crippen molar-refractivity contribution in [2.24, 2.45) is 0 Å². The molecular formula is C29H31N3O2. The molecule has 0 unspecified atom stereocenters. The molecule has 34 heavy (non-hydrogen) atoms. The minimum absolute atomic E-state index is 0.285. The van der Waals surface area contributed by atoms with Crippen molar-refractivity contribution in [1.82, 2.24) is 4.90 Å². The van der Waals surface area contributed by atoms with Crippen molar-refractivity contribution in [2.45, 2.75) is 27.3 Å². The number of nitrogens with zero attached hydrogens (tertiary/aromatic N) is 3. The van der Waals surface area contributed by atoms with E-state index in [1.54, 1.807) is 0 Å². The summed E-state index contributed by atoms with van der Waals surface area (Å²) in [5.41, 5.74) is 6.51. The average molecular weight is 454 g/mol. The highest BCUT2D eigenvalue weighted by Crippen LogP contribution is 2.36. The molecule has 0 aliphatic carbocycles. The first-order valence-corrected chi connectivity index (χ1v) is 11.6. The highest BCUT2D eigenvalue weighted by molar-refractivity contribution is 6.45. The number of likely N-dealkylation sites (N-methyl/N-ethyl adjacent to an activating group) is 1. The van der Waals surface area contributed by atoms with E-state index in [2.05, 4.69) is 0 Å². The number of rotatable bonds is 7. The molecule has 3 aromatic carbocycles. The van der Waals surface area contributed by atoms with Crippen LogP contribution in [0.5, 0.6) is 0 Å². The van der Waals surface area contributed by atoms with E-state index in [1.165, 1.54) is 4.90 Å². The number of aryl methyl sites for hydroxylation is 2. The van der Waals surface area contributed by atoms with Crippen molar-refractivity contribution in [3.05, 3.63) is 101 Å². The van der Waals surface area contributed by atoms with Crippen LogP contribution in [0.15, 0.2) is 78.5 Å². The second-order valence-corrected chi connectivity index (χ2v) is 8.88. The van der Waals surface area contributed by atoms with E-state index in [0.29, 0.717) is 30.0 Å². The maximum atomic E-state index is 13.9. The molecule has 5 nitrogen and oxygen atoms in total. The Balaban J connectivity index is 1.85. The van der Waals surface area contributed by atoms with Gasteiger partial charge in [-0.05, 0) is 61.2 Å². The van der Waals surface area contributed by atoms with E-state index in [4.69, 9.17) is 0 Å². The lowest BCUT2D eigenvalue weighted by Gasteiger charge is -2.25. The lowest BCUT2D eigenvalue weighted by molar-refractivity contribution is -0.120. The summed E-state index contributed by atoms with van der Waals surface area (Å²) in [5, 5.41) is 0. The van der Waals surface area contributed by atoms with Crippen LogP contribution in [0.25, 0.3) is 5.57 Å². The Kier molecular flexibility index (Phi) is 6.55. The van der Waals surface area contributed by atoms with Crippen molar-refractivity contribution in [2.75, 3.05) is 30.4 Å². The largest absolute Gasteiger partial charge is 0.378 e. The van der Waals surface area contributed by atoms with Crippen molar-refractivity contribution >= 4 is 28.8 Å². The first-order chi connectivity index (χ1) is 16.3. The molecule has 2 amide bonds. The number of hydrogen-bond acceptors (Lipinski definition) is 4. The molecule has 0 fully saturated rings. The maximum absolute atomic E-state index is 13.9. The molecule has 0 saturated heterocycles. The number of benzene rings is 3. The summed E-state index contributed by atoms with van der Waals surface area (Å²) >= 11 is 0. The maximum Gasteiger partial charge on any atom is 0.282 e. The van der Waals surface area contributed by atoms with Crippen LogP contribution >= 0.6 is 0 Å². The number of anilines is 2. The van der Waals surface area contributed by atoms with E-state index in [9.17, 15) is 9.59 Å². The third kappa shape index (κ3) is 4.34. The first kappa shape index (κ1) is 23.3. The fraction of sp³-hybridized carbons (Fsp3) is 0.241. The second-order valence-electron chi connectivity index (χ2n) is 8.88. The monoisotopic (exact) mass is 453 g/mol. The van der Waals surface area contributed by atoms with Gasteiger partial charge in [-0.1, -0.05) is 54.6 Å². The van der Waals surface area contributed by atoms with Gasteiger partial charge in [0, 0.05) is 32.9 Å². The first-order valence-electron chi connectivity index (χ1n) is 11.6. The zero-order valence-electron chi connectivity index (χ0n) is 20.5. The summed E-state index contributed by atoms with van der Waals surface area (Å²) in [6, 6.07) is 23.5. The topological polar surface area (TPSA) is 43.9 Å². The van der Waals surface area contributed by atoms with Crippen LogP contribution in [0, 0.1) is 13.8 Å². The highest BCUT2D eigenvalue weighted by Gasteiger charge is 2.42. The zero-order valence-corrected chi connectivity index (χ0v) is 20.5. The molecule has 174 valence electrons. The Morgan fingerprint density at radius 1 is 0.794 bits per heavy atom. The van der Waals surface area contributed by atoms with Gasteiger partial charge in [-0.25, -0.2) is 4.90 Å². The van der Waals surface area contributed by atoms with Crippen LogP contribution in [0.3, 0.4) is 0 Å². The summed E-state index contributed by atoms with van der Waals surface area (Å²) in [5.74, 6) is -0.572. The summed E-state index contributed by atoms with van der Waals surface area (Å²) in [7, 11) is 3.88. The van der Waals surface area contributed by atoms with Gasteiger partial charge in [0.1, 0.15) is 5.70 Å². The van der Waals surface area contributed by atoms with Crippen LogP contribution < -0.4 is 9.80 Å². The second kappa shape index (κ2) is 9.56. The summed E-state index contributed by atoms with van der Waals surface area (Å²) < 4.78 is 0. The number of carbonyl (C=O) groups is 2. The SMILES string of the molecule is CCN(Cc1ccccc1)C1=C(c2ccc(C)c(C)c2)C(=O)N(c2cccc(N(C)C)c2)C1=O. The fourth-order valence-electron chi connectivity index (χ4n) is 4.27. The van der Waals surface area contributed by atoms with Crippen molar-refractivity contribution < 1.29 is 9.59 Å². The Hall–Kier alpha value is -3.86. The minimum atomic E-state index is -0.286. The highest BCUT2D eigenvalue weighted by atomic mass is 16.2. The van der Waals surface area contributed by atoms with Crippen molar-refractivity contribution in [3.8, 4) is 0 Å². The van der Waals surface area contributed by atoms with Crippen LogP contribution in [0.2, 0.25) is 0 Å². The van der Waals surface area contributed by atoms with Crippen LogP contribution in [-0.4, -0.2) is 37.4 Å². The molecular weight excluding hydrogens is 422 g/mol. The smallest absolute Gasteiger partial charge is 0.282 e. The Bertz CT molecular complexity index is 1260. The molecule has 0 radical (unpaired) electrons. The van der Waals surface area contributed by atoms with E-state index >= 15 is 0 Å². The van der Waals surface area contributed by atoms with Crippen LogP contribution in [-0.2, 0) is 16.1 Å². The third-order valence-corrected chi connectivity index (χ3v) is 6.37. The summed E-state index contributed by atoms with van der Waals surface area (Å²) in [4.78, 5) is 33.1. The third-order valence-electron chi connectivity index (χ3n) is 6.37. The lowest BCUT2D eigenvalue weighted by atomic mass is 9.99. The van der Waals surface area contributed by atoms with Gasteiger partial charge in [0.05, 0.1) is 11.3 Å². The minimum Gasteiger partial charge on any atom is -0.378 e. The molecule has 3 aromatic rings. The van der Waals surface area contributed by atoms with Gasteiger partial charge < -0.3 is 9.80 Å². The molecule has 0 saturated carbocycles. The van der Waals surface area contributed by atoms with Gasteiger partial charge in [0.25, 0.3) is 11.8 Å². The van der Waals surface area contributed by atoms with E-state index in [-0.39, 0.29) is 11.8 Å². The van der Waals surface area contributed by atoms with E-state index in [0.717, 1.165) is 27.9 Å². The molecule has 1 aliphatic rings. The molecule has 0 atom stereocenters. The molecule has 0 aromatic heterocycles. The number of carbonyl (C=O) groups excluding carboxylic acids is 2. The number of imide groups is 1. The predicted molar refractivity (Wildman–Crippen MR) is 139 cm³/mol. The summed E-state index contributed by atoms with van der Waals surface area (Å²) in [6.07, 6.45) is 0. The van der Waals surface area contributed by atoms with Crippen LogP contribution in [0.1, 0.15) is 29.2 Å². The fourth-order valence-corrected chi connectivity index (χ4v) is 4.27. The molecule has 0 spiro atoms. The van der Waals surface area contributed by atoms with Crippen molar-refractivity contribution in [3.63, 3.8) is 0 Å². The molecule has 4 rings (SSSR count). The molecule has 0 N–H and O–H groups in total. The quantitative estimate of drug-likeness (QED) is 0.463. The Morgan fingerprint density at radius 2 is 1.53 bits per heavy atom. The van der Waals surface area contributed by atoms with Crippen molar-refractivity contribution in [1.29, 1.82) is 0 Å². The van der Waals surface area contributed by atoms with Gasteiger partial charge >= 0.3 is 0 Å². The summed E-state index contributed by atoms with van der Waals surface area (Å²) in [6.45, 7) is 7.23.